The Kier molecular flexibility index (Phi) is 5.14. The van der Waals surface area contributed by atoms with Gasteiger partial charge in [-0.3, -0.25) is 0 Å². The summed E-state index contributed by atoms with van der Waals surface area (Å²) in [5, 5.41) is 0. The number of allylic oxidation sites excluding steroid dienone is 1. The predicted octanol–water partition coefficient (Wildman–Crippen LogP) is 3.26. The van der Waals surface area contributed by atoms with E-state index >= 15 is 0 Å². The van der Waals surface area contributed by atoms with E-state index in [1.54, 1.807) is 0 Å². The number of benzene rings is 2. The van der Waals surface area contributed by atoms with Crippen molar-refractivity contribution in [2.45, 2.75) is 11.2 Å². The molecule has 2 aromatic carbocycles. The first-order chi connectivity index (χ1) is 9.31. The van der Waals surface area contributed by atoms with Crippen molar-refractivity contribution < 1.29 is 4.79 Å². The molecule has 0 aliphatic rings. The standard InChI is InChI=1S/C17H16OSe/c1-2-9-16(19-15-12-7-4-8-13-15)17(18)14-10-5-3-6-11-14/h2-8,10-13,16H,1,9H2. The van der Waals surface area contributed by atoms with E-state index in [1.807, 2.05) is 54.6 Å². The van der Waals surface area contributed by atoms with Gasteiger partial charge in [-0.1, -0.05) is 0 Å². The van der Waals surface area contributed by atoms with Crippen LogP contribution in [0.25, 0.3) is 0 Å². The third-order valence-corrected chi connectivity index (χ3v) is 5.34. The van der Waals surface area contributed by atoms with Crippen LogP contribution in [0.15, 0.2) is 73.3 Å². The van der Waals surface area contributed by atoms with E-state index in [-0.39, 0.29) is 25.6 Å². The maximum absolute atomic E-state index is 12.5. The van der Waals surface area contributed by atoms with Gasteiger partial charge in [-0.05, 0) is 0 Å². The Balaban J connectivity index is 2.16. The van der Waals surface area contributed by atoms with Crippen molar-refractivity contribution in [3.8, 4) is 0 Å². The molecule has 0 amide bonds. The van der Waals surface area contributed by atoms with Gasteiger partial charge in [0, 0.05) is 0 Å². The van der Waals surface area contributed by atoms with Crippen LogP contribution in [0.4, 0.5) is 0 Å². The minimum absolute atomic E-state index is 0.0369. The summed E-state index contributed by atoms with van der Waals surface area (Å²) in [6.07, 6.45) is 2.58. The van der Waals surface area contributed by atoms with E-state index in [1.165, 1.54) is 4.46 Å². The minimum atomic E-state index is 0.0369. The van der Waals surface area contributed by atoms with Crippen LogP contribution < -0.4 is 4.46 Å². The van der Waals surface area contributed by atoms with Gasteiger partial charge in [0.2, 0.25) is 0 Å². The first kappa shape index (κ1) is 13.8. The van der Waals surface area contributed by atoms with Gasteiger partial charge in [0.1, 0.15) is 0 Å². The third-order valence-electron chi connectivity index (χ3n) is 2.75. The molecule has 0 aliphatic carbocycles. The Morgan fingerprint density at radius 1 is 1.05 bits per heavy atom. The topological polar surface area (TPSA) is 17.1 Å². The molecule has 0 fully saturated rings. The molecule has 19 heavy (non-hydrogen) atoms. The summed E-state index contributed by atoms with van der Waals surface area (Å²) in [5.74, 6) is 0.226. The predicted molar refractivity (Wildman–Crippen MR) is 81.2 cm³/mol. The van der Waals surface area contributed by atoms with Crippen LogP contribution >= 0.6 is 0 Å². The van der Waals surface area contributed by atoms with Crippen molar-refractivity contribution in [3.05, 3.63) is 78.9 Å². The molecule has 2 aromatic rings. The fraction of sp³-hybridized carbons (Fsp3) is 0.118. The molecular formula is C17H16OSe. The van der Waals surface area contributed by atoms with Gasteiger partial charge in [0.25, 0.3) is 0 Å². The van der Waals surface area contributed by atoms with Crippen molar-refractivity contribution in [2.24, 2.45) is 0 Å². The van der Waals surface area contributed by atoms with Crippen LogP contribution in [-0.2, 0) is 0 Å². The quantitative estimate of drug-likeness (QED) is 0.454. The Hall–Kier alpha value is -1.63. The number of rotatable bonds is 6. The fourth-order valence-electron chi connectivity index (χ4n) is 1.81. The number of carbonyl (C=O) groups excluding carboxylic acids is 1. The van der Waals surface area contributed by atoms with Gasteiger partial charge < -0.3 is 0 Å². The monoisotopic (exact) mass is 316 g/mol. The van der Waals surface area contributed by atoms with Gasteiger partial charge in [-0.15, -0.1) is 0 Å². The molecule has 0 spiro atoms. The van der Waals surface area contributed by atoms with E-state index in [9.17, 15) is 4.79 Å². The summed E-state index contributed by atoms with van der Waals surface area (Å²) in [7, 11) is 0. The van der Waals surface area contributed by atoms with Gasteiger partial charge in [-0.2, -0.15) is 0 Å². The molecule has 0 saturated heterocycles. The Labute approximate surface area is 120 Å². The van der Waals surface area contributed by atoms with Gasteiger partial charge in [0.05, 0.1) is 0 Å². The fourth-order valence-corrected chi connectivity index (χ4v) is 4.16. The SMILES string of the molecule is C=CCC([Se]c1ccccc1)C(=O)c1ccccc1. The second-order valence-corrected chi connectivity index (χ2v) is 6.85. The van der Waals surface area contributed by atoms with Crippen molar-refractivity contribution >= 4 is 25.2 Å². The molecule has 0 saturated carbocycles. The van der Waals surface area contributed by atoms with E-state index in [4.69, 9.17) is 0 Å². The van der Waals surface area contributed by atoms with Crippen molar-refractivity contribution in [1.29, 1.82) is 0 Å². The van der Waals surface area contributed by atoms with Crippen molar-refractivity contribution in [3.63, 3.8) is 0 Å². The molecule has 0 N–H and O–H groups in total. The number of carbonyl (C=O) groups is 1. The average molecular weight is 315 g/mol. The number of hydrogen-bond acceptors (Lipinski definition) is 1. The van der Waals surface area contributed by atoms with Gasteiger partial charge >= 0.3 is 120 Å². The van der Waals surface area contributed by atoms with E-state index < -0.39 is 0 Å². The normalized spacial score (nSPS) is 11.8. The van der Waals surface area contributed by atoms with Gasteiger partial charge in [0.15, 0.2) is 0 Å². The number of hydrogen-bond donors (Lipinski definition) is 0. The summed E-state index contributed by atoms with van der Waals surface area (Å²) in [5.41, 5.74) is 0.798. The molecule has 96 valence electrons. The molecule has 0 heterocycles. The number of Topliss-reactive ketones (excluding diaryl/α,β-unsaturated/α-hetero) is 1. The van der Waals surface area contributed by atoms with Crippen molar-refractivity contribution in [2.75, 3.05) is 0 Å². The Morgan fingerprint density at radius 2 is 1.63 bits per heavy atom. The summed E-state index contributed by atoms with van der Waals surface area (Å²) in [6, 6.07) is 19.8. The molecular weight excluding hydrogens is 299 g/mol. The first-order valence-electron chi connectivity index (χ1n) is 6.23. The second-order valence-electron chi connectivity index (χ2n) is 4.17. The molecule has 1 atom stereocenters. The maximum atomic E-state index is 12.5. The second kappa shape index (κ2) is 7.08. The van der Waals surface area contributed by atoms with Crippen LogP contribution in [0.3, 0.4) is 0 Å². The van der Waals surface area contributed by atoms with Crippen LogP contribution in [-0.4, -0.2) is 20.7 Å². The summed E-state index contributed by atoms with van der Waals surface area (Å²) in [4.78, 5) is 12.5. The molecule has 1 unspecified atom stereocenters. The summed E-state index contributed by atoms with van der Waals surface area (Å²) >= 11 is 0.141. The summed E-state index contributed by atoms with van der Waals surface area (Å²) in [6.45, 7) is 3.78. The van der Waals surface area contributed by atoms with Crippen LogP contribution in [0.5, 0.6) is 0 Å². The van der Waals surface area contributed by atoms with E-state index in [0.717, 1.165) is 12.0 Å². The first-order valence-corrected chi connectivity index (χ1v) is 8.07. The molecule has 2 heteroatoms. The van der Waals surface area contributed by atoms with Crippen LogP contribution in [0.2, 0.25) is 4.82 Å². The van der Waals surface area contributed by atoms with E-state index in [0.29, 0.717) is 0 Å². The molecule has 0 bridgehead atoms. The molecule has 0 radical (unpaired) electrons. The zero-order valence-corrected chi connectivity index (χ0v) is 12.4. The zero-order chi connectivity index (χ0) is 13.5. The van der Waals surface area contributed by atoms with Crippen LogP contribution in [0.1, 0.15) is 16.8 Å². The molecule has 0 aliphatic heterocycles. The zero-order valence-electron chi connectivity index (χ0n) is 10.7. The van der Waals surface area contributed by atoms with Crippen LogP contribution in [0, 0.1) is 0 Å². The Morgan fingerprint density at radius 3 is 2.21 bits per heavy atom. The van der Waals surface area contributed by atoms with Gasteiger partial charge in [-0.25, -0.2) is 0 Å². The number of ketones is 1. The van der Waals surface area contributed by atoms with E-state index in [2.05, 4.69) is 18.7 Å². The summed E-state index contributed by atoms with van der Waals surface area (Å²) < 4.78 is 1.26. The third kappa shape index (κ3) is 3.92. The molecule has 2 rings (SSSR count). The Bertz CT molecular complexity index is 534. The van der Waals surface area contributed by atoms with Crippen molar-refractivity contribution in [1.82, 2.24) is 0 Å². The molecule has 1 nitrogen and oxygen atoms in total. The average Bonchev–Trinajstić information content (AvgIpc) is 2.48. The molecule has 0 aromatic heterocycles.